The Morgan fingerprint density at radius 1 is 1.33 bits per heavy atom. The molecule has 2 unspecified atom stereocenters. The molecule has 1 aliphatic carbocycles. The van der Waals surface area contributed by atoms with Gasteiger partial charge in [0, 0.05) is 6.42 Å². The van der Waals surface area contributed by atoms with Crippen LogP contribution in [0.1, 0.15) is 53.4 Å². The third-order valence-electron chi connectivity index (χ3n) is 3.82. The van der Waals surface area contributed by atoms with Gasteiger partial charge < -0.3 is 19.5 Å². The van der Waals surface area contributed by atoms with Crippen LogP contribution in [0, 0.1) is 0 Å². The van der Waals surface area contributed by atoms with Crippen LogP contribution in [-0.4, -0.2) is 50.1 Å². The summed E-state index contributed by atoms with van der Waals surface area (Å²) in [5, 5.41) is 3.16. The number of carbonyl (C=O) groups excluding carboxylic acids is 1. The molecule has 0 radical (unpaired) electrons. The number of hydrogen-bond donors (Lipinski definition) is 1. The lowest BCUT2D eigenvalue weighted by Gasteiger charge is -2.38. The molecule has 2 atom stereocenters. The van der Waals surface area contributed by atoms with E-state index < -0.39 is 5.54 Å². The van der Waals surface area contributed by atoms with Crippen molar-refractivity contribution in [2.24, 2.45) is 0 Å². The zero-order valence-corrected chi connectivity index (χ0v) is 14.2. The van der Waals surface area contributed by atoms with Crippen molar-refractivity contribution in [1.29, 1.82) is 0 Å². The van der Waals surface area contributed by atoms with Gasteiger partial charge in [-0.15, -0.1) is 0 Å². The molecule has 5 nitrogen and oxygen atoms in total. The molecule has 5 heteroatoms. The molecule has 0 aliphatic heterocycles. The Morgan fingerprint density at radius 2 is 2.05 bits per heavy atom. The van der Waals surface area contributed by atoms with E-state index >= 15 is 0 Å². The Bertz CT molecular complexity index is 327. The lowest BCUT2D eigenvalue weighted by atomic mass is 9.80. The minimum absolute atomic E-state index is 0.0826. The molecule has 1 rings (SSSR count). The third kappa shape index (κ3) is 5.93. The molecule has 1 fully saturated rings. The molecule has 1 N–H and O–H groups in total. The van der Waals surface area contributed by atoms with Gasteiger partial charge in [0.15, 0.2) is 0 Å². The highest BCUT2D eigenvalue weighted by atomic mass is 16.5. The van der Waals surface area contributed by atoms with Gasteiger partial charge in [-0.1, -0.05) is 0 Å². The normalized spacial score (nSPS) is 26.6. The van der Waals surface area contributed by atoms with E-state index in [4.69, 9.17) is 14.2 Å². The second-order valence-corrected chi connectivity index (χ2v) is 6.60. The second-order valence-electron chi connectivity index (χ2n) is 6.60. The molecule has 21 heavy (non-hydrogen) atoms. The highest BCUT2D eigenvalue weighted by molar-refractivity contribution is 5.81. The third-order valence-corrected chi connectivity index (χ3v) is 3.82. The maximum absolute atomic E-state index is 12.2. The molecule has 0 aromatic heterocycles. The largest absolute Gasteiger partial charge is 0.465 e. The fourth-order valence-corrected chi connectivity index (χ4v) is 2.71. The van der Waals surface area contributed by atoms with Crippen LogP contribution in [0.3, 0.4) is 0 Å². The van der Waals surface area contributed by atoms with E-state index in [-0.39, 0.29) is 17.7 Å². The Hall–Kier alpha value is -0.650. The highest BCUT2D eigenvalue weighted by Crippen LogP contribution is 2.31. The molecule has 0 spiro atoms. The molecule has 124 valence electrons. The summed E-state index contributed by atoms with van der Waals surface area (Å²) in [6.45, 7) is 9.47. The standard InChI is InChI=1S/C16H31NO4/c1-6-19-14(18)16(17-5)9-7-8-13(12-16)20-10-11-21-15(2,3)4/h13,17H,6-12H2,1-5H3. The zero-order valence-electron chi connectivity index (χ0n) is 14.2. The summed E-state index contributed by atoms with van der Waals surface area (Å²) in [5.41, 5.74) is -0.737. The molecular weight excluding hydrogens is 270 g/mol. The van der Waals surface area contributed by atoms with Gasteiger partial charge in [-0.05, 0) is 54.0 Å². The van der Waals surface area contributed by atoms with E-state index in [0.29, 0.717) is 26.2 Å². The number of nitrogens with one attached hydrogen (secondary N) is 1. The number of ether oxygens (including phenoxy) is 3. The zero-order chi connectivity index (χ0) is 15.9. The smallest absolute Gasteiger partial charge is 0.326 e. The predicted molar refractivity (Wildman–Crippen MR) is 82.3 cm³/mol. The van der Waals surface area contributed by atoms with Crippen LogP contribution in [-0.2, 0) is 19.0 Å². The molecular formula is C16H31NO4. The van der Waals surface area contributed by atoms with Crippen molar-refractivity contribution in [2.45, 2.75) is 70.6 Å². The van der Waals surface area contributed by atoms with E-state index in [0.717, 1.165) is 19.3 Å². The number of hydrogen-bond acceptors (Lipinski definition) is 5. The molecule has 0 aromatic carbocycles. The van der Waals surface area contributed by atoms with Gasteiger partial charge in [-0.25, -0.2) is 0 Å². The van der Waals surface area contributed by atoms with Crippen LogP contribution in [0.5, 0.6) is 0 Å². The van der Waals surface area contributed by atoms with Gasteiger partial charge in [0.05, 0.1) is 31.5 Å². The van der Waals surface area contributed by atoms with Gasteiger partial charge >= 0.3 is 5.97 Å². The molecule has 0 aromatic rings. The van der Waals surface area contributed by atoms with Crippen molar-refractivity contribution in [1.82, 2.24) is 5.32 Å². The SMILES string of the molecule is CCOC(=O)C1(NC)CCCC(OCCOC(C)(C)C)C1. The quantitative estimate of drug-likeness (QED) is 0.577. The fourth-order valence-electron chi connectivity index (χ4n) is 2.71. The van der Waals surface area contributed by atoms with Crippen LogP contribution in [0.15, 0.2) is 0 Å². The van der Waals surface area contributed by atoms with E-state index in [1.165, 1.54) is 0 Å². The molecule has 0 saturated heterocycles. The van der Waals surface area contributed by atoms with E-state index in [1.807, 2.05) is 34.7 Å². The maximum Gasteiger partial charge on any atom is 0.326 e. The Morgan fingerprint density at radius 3 is 2.62 bits per heavy atom. The van der Waals surface area contributed by atoms with Crippen molar-refractivity contribution in [3.63, 3.8) is 0 Å². The summed E-state index contributed by atoms with van der Waals surface area (Å²) in [6, 6.07) is 0. The summed E-state index contributed by atoms with van der Waals surface area (Å²) in [5.74, 6) is -0.160. The summed E-state index contributed by atoms with van der Waals surface area (Å²) in [6.07, 6.45) is 3.50. The first-order valence-electron chi connectivity index (χ1n) is 7.94. The summed E-state index contributed by atoms with van der Waals surface area (Å²) >= 11 is 0. The van der Waals surface area contributed by atoms with Crippen LogP contribution >= 0.6 is 0 Å². The van der Waals surface area contributed by atoms with Crippen LogP contribution in [0.4, 0.5) is 0 Å². The number of likely N-dealkylation sites (N-methyl/N-ethyl adjacent to an activating group) is 1. The van der Waals surface area contributed by atoms with Crippen molar-refractivity contribution in [3.8, 4) is 0 Å². The van der Waals surface area contributed by atoms with E-state index in [2.05, 4.69) is 5.32 Å². The summed E-state index contributed by atoms with van der Waals surface area (Å²) in [7, 11) is 1.82. The van der Waals surface area contributed by atoms with Crippen LogP contribution in [0.25, 0.3) is 0 Å². The Labute approximate surface area is 128 Å². The average molecular weight is 301 g/mol. The lowest BCUT2D eigenvalue weighted by molar-refractivity contribution is -0.155. The van der Waals surface area contributed by atoms with Gasteiger partial charge in [-0.3, -0.25) is 4.79 Å². The Kier molecular flexibility index (Phi) is 7.10. The minimum atomic E-state index is -0.593. The predicted octanol–water partition coefficient (Wildman–Crippen LogP) is 2.28. The first kappa shape index (κ1) is 18.4. The van der Waals surface area contributed by atoms with Gasteiger partial charge in [-0.2, -0.15) is 0 Å². The van der Waals surface area contributed by atoms with Crippen molar-refractivity contribution >= 4 is 5.97 Å². The molecule has 0 bridgehead atoms. The first-order chi connectivity index (χ1) is 9.83. The topological polar surface area (TPSA) is 56.8 Å². The maximum atomic E-state index is 12.2. The van der Waals surface area contributed by atoms with Gasteiger partial charge in [0.25, 0.3) is 0 Å². The molecule has 1 saturated carbocycles. The second kappa shape index (κ2) is 8.11. The van der Waals surface area contributed by atoms with E-state index in [9.17, 15) is 4.79 Å². The number of esters is 1. The van der Waals surface area contributed by atoms with Crippen LogP contribution < -0.4 is 5.32 Å². The lowest BCUT2D eigenvalue weighted by Crippen LogP contribution is -2.55. The number of carbonyl (C=O) groups is 1. The number of rotatable bonds is 7. The van der Waals surface area contributed by atoms with E-state index in [1.54, 1.807) is 0 Å². The summed E-state index contributed by atoms with van der Waals surface area (Å²) in [4.78, 5) is 12.2. The van der Waals surface area contributed by atoms with Crippen molar-refractivity contribution in [2.75, 3.05) is 26.9 Å². The first-order valence-corrected chi connectivity index (χ1v) is 7.94. The molecule has 0 heterocycles. The van der Waals surface area contributed by atoms with Gasteiger partial charge in [0.1, 0.15) is 5.54 Å². The Balaban J connectivity index is 2.45. The monoisotopic (exact) mass is 301 g/mol. The van der Waals surface area contributed by atoms with Crippen molar-refractivity contribution < 1.29 is 19.0 Å². The highest BCUT2D eigenvalue weighted by Gasteiger charge is 2.43. The fraction of sp³-hybridized carbons (Fsp3) is 0.938. The van der Waals surface area contributed by atoms with Gasteiger partial charge in [0.2, 0.25) is 0 Å². The average Bonchev–Trinajstić information content (AvgIpc) is 2.43. The van der Waals surface area contributed by atoms with Crippen LogP contribution in [0.2, 0.25) is 0 Å². The summed E-state index contributed by atoms with van der Waals surface area (Å²) < 4.78 is 16.8. The minimum Gasteiger partial charge on any atom is -0.465 e. The molecule has 1 aliphatic rings. The molecule has 0 amide bonds. The van der Waals surface area contributed by atoms with Crippen molar-refractivity contribution in [3.05, 3.63) is 0 Å².